The van der Waals surface area contributed by atoms with Crippen molar-refractivity contribution in [1.29, 1.82) is 0 Å². The summed E-state index contributed by atoms with van der Waals surface area (Å²) >= 11 is 1.51. The lowest BCUT2D eigenvalue weighted by Gasteiger charge is -2.18. The molecule has 7 nitrogen and oxygen atoms in total. The minimum Gasteiger partial charge on any atom is -0.380 e. The van der Waals surface area contributed by atoms with E-state index >= 15 is 0 Å². The van der Waals surface area contributed by atoms with E-state index in [9.17, 15) is 4.79 Å². The summed E-state index contributed by atoms with van der Waals surface area (Å²) in [5, 5.41) is 5.32. The number of aryl methyl sites for hydroxylation is 1. The van der Waals surface area contributed by atoms with Crippen LogP contribution in [-0.2, 0) is 4.74 Å². The minimum atomic E-state index is -0.0785. The zero-order chi connectivity index (χ0) is 19.7. The molecule has 0 unspecified atom stereocenters. The predicted molar refractivity (Wildman–Crippen MR) is 110 cm³/mol. The van der Waals surface area contributed by atoms with E-state index in [4.69, 9.17) is 4.74 Å². The zero-order valence-electron chi connectivity index (χ0n) is 16.2. The summed E-state index contributed by atoms with van der Waals surface area (Å²) in [4.78, 5) is 28.7. The van der Waals surface area contributed by atoms with Gasteiger partial charge in [-0.2, -0.15) is 0 Å². The molecule has 4 heterocycles. The number of ether oxygens (including phenoxy) is 1. The summed E-state index contributed by atoms with van der Waals surface area (Å²) in [7, 11) is 1.69. The molecule has 2 atom stereocenters. The van der Waals surface area contributed by atoms with Crippen molar-refractivity contribution in [3.63, 3.8) is 0 Å². The lowest BCUT2D eigenvalue weighted by atomic mass is 10.2. The number of anilines is 1. The second-order valence-corrected chi connectivity index (χ2v) is 7.89. The van der Waals surface area contributed by atoms with Gasteiger partial charge in [0, 0.05) is 26.4 Å². The first-order valence-corrected chi connectivity index (χ1v) is 10.2. The number of amides is 1. The number of aromatic nitrogens is 3. The van der Waals surface area contributed by atoms with Crippen LogP contribution >= 0.6 is 11.3 Å². The fourth-order valence-electron chi connectivity index (χ4n) is 3.40. The number of carbonyl (C=O) groups excluding carboxylic acids is 1. The topological polar surface area (TPSA) is 80.2 Å². The third-order valence-electron chi connectivity index (χ3n) is 5.04. The van der Waals surface area contributed by atoms with Crippen molar-refractivity contribution in [2.45, 2.75) is 32.4 Å². The molecule has 1 aliphatic heterocycles. The number of fused-ring (bicyclic) bond motifs is 1. The number of pyridine rings is 1. The van der Waals surface area contributed by atoms with Gasteiger partial charge in [0.2, 0.25) is 5.95 Å². The Morgan fingerprint density at radius 2 is 2.25 bits per heavy atom. The van der Waals surface area contributed by atoms with Crippen molar-refractivity contribution in [2.24, 2.45) is 0 Å². The van der Waals surface area contributed by atoms with Crippen LogP contribution in [0.2, 0.25) is 0 Å². The Balaban J connectivity index is 1.67. The molecule has 0 bridgehead atoms. The van der Waals surface area contributed by atoms with Gasteiger partial charge in [-0.05, 0) is 43.3 Å². The van der Waals surface area contributed by atoms with E-state index in [1.807, 2.05) is 42.3 Å². The van der Waals surface area contributed by atoms with Gasteiger partial charge in [0.05, 0.1) is 28.1 Å². The first-order chi connectivity index (χ1) is 13.6. The van der Waals surface area contributed by atoms with Crippen LogP contribution in [0.1, 0.15) is 41.1 Å². The molecule has 3 aromatic heterocycles. The van der Waals surface area contributed by atoms with Crippen molar-refractivity contribution >= 4 is 33.4 Å². The number of hydrogen-bond acceptors (Lipinski definition) is 7. The van der Waals surface area contributed by atoms with Crippen LogP contribution in [0, 0.1) is 6.92 Å². The van der Waals surface area contributed by atoms with Crippen molar-refractivity contribution < 1.29 is 9.53 Å². The summed E-state index contributed by atoms with van der Waals surface area (Å²) in [5.74, 6) is 0.375. The van der Waals surface area contributed by atoms with E-state index in [1.165, 1.54) is 11.3 Å². The SMILES string of the molecule is CO[C@H]1CCN(C(=O)c2nc(N[C@@H](C)c3ccccn3)nc3c(C)csc23)C1. The quantitative estimate of drug-likeness (QED) is 0.710. The maximum absolute atomic E-state index is 13.2. The molecule has 1 amide bonds. The summed E-state index contributed by atoms with van der Waals surface area (Å²) in [6, 6.07) is 5.70. The largest absolute Gasteiger partial charge is 0.380 e. The van der Waals surface area contributed by atoms with Crippen molar-refractivity contribution in [2.75, 3.05) is 25.5 Å². The Bertz CT molecular complexity index is 991. The van der Waals surface area contributed by atoms with Gasteiger partial charge in [0.25, 0.3) is 5.91 Å². The highest BCUT2D eigenvalue weighted by Gasteiger charge is 2.30. The fraction of sp³-hybridized carbons (Fsp3) is 0.400. The number of nitrogens with one attached hydrogen (secondary N) is 1. The number of carbonyl (C=O) groups is 1. The molecule has 0 aliphatic carbocycles. The second-order valence-electron chi connectivity index (χ2n) is 7.01. The molecule has 0 spiro atoms. The Morgan fingerprint density at radius 3 is 2.96 bits per heavy atom. The highest BCUT2D eigenvalue weighted by Crippen LogP contribution is 2.30. The summed E-state index contributed by atoms with van der Waals surface area (Å²) in [6.07, 6.45) is 2.70. The summed E-state index contributed by atoms with van der Waals surface area (Å²) in [6.45, 7) is 5.28. The molecule has 0 radical (unpaired) electrons. The van der Waals surface area contributed by atoms with Crippen molar-refractivity contribution in [1.82, 2.24) is 19.9 Å². The number of nitrogens with zero attached hydrogens (tertiary/aromatic N) is 4. The number of hydrogen-bond donors (Lipinski definition) is 1. The van der Waals surface area contributed by atoms with Crippen LogP contribution in [0.15, 0.2) is 29.8 Å². The van der Waals surface area contributed by atoms with Gasteiger partial charge < -0.3 is 15.0 Å². The molecular formula is C20H23N5O2S. The normalized spacial score (nSPS) is 17.8. The van der Waals surface area contributed by atoms with E-state index in [2.05, 4.69) is 20.3 Å². The third kappa shape index (κ3) is 3.57. The Kier molecular flexibility index (Phi) is 5.23. The van der Waals surface area contributed by atoms with Crippen LogP contribution < -0.4 is 5.32 Å². The Labute approximate surface area is 167 Å². The van der Waals surface area contributed by atoms with Gasteiger partial charge in [-0.3, -0.25) is 9.78 Å². The van der Waals surface area contributed by atoms with E-state index in [0.29, 0.717) is 24.7 Å². The van der Waals surface area contributed by atoms with Crippen LogP contribution in [0.5, 0.6) is 0 Å². The Morgan fingerprint density at radius 1 is 1.39 bits per heavy atom. The summed E-state index contributed by atoms with van der Waals surface area (Å²) in [5.41, 5.74) is 3.21. The van der Waals surface area contributed by atoms with Gasteiger partial charge >= 0.3 is 0 Å². The highest BCUT2D eigenvalue weighted by molar-refractivity contribution is 7.17. The molecular weight excluding hydrogens is 374 g/mol. The maximum Gasteiger partial charge on any atom is 0.274 e. The van der Waals surface area contributed by atoms with Gasteiger partial charge in [0.15, 0.2) is 5.69 Å². The molecule has 1 aliphatic rings. The molecule has 28 heavy (non-hydrogen) atoms. The molecule has 1 N–H and O–H groups in total. The molecule has 146 valence electrons. The minimum absolute atomic E-state index is 0.0673. The highest BCUT2D eigenvalue weighted by atomic mass is 32.1. The molecule has 1 fully saturated rings. The average Bonchev–Trinajstić information content (AvgIpc) is 3.35. The molecule has 0 saturated carbocycles. The van der Waals surface area contributed by atoms with E-state index < -0.39 is 0 Å². The monoisotopic (exact) mass is 397 g/mol. The van der Waals surface area contributed by atoms with Crippen molar-refractivity contribution in [3.05, 3.63) is 46.7 Å². The van der Waals surface area contributed by atoms with Crippen LogP contribution in [-0.4, -0.2) is 52.1 Å². The number of likely N-dealkylation sites (tertiary alicyclic amines) is 1. The lowest BCUT2D eigenvalue weighted by molar-refractivity contribution is 0.0721. The van der Waals surface area contributed by atoms with E-state index in [0.717, 1.165) is 27.9 Å². The van der Waals surface area contributed by atoms with Gasteiger partial charge in [0.1, 0.15) is 0 Å². The number of thiophene rings is 1. The van der Waals surface area contributed by atoms with Crippen LogP contribution in [0.4, 0.5) is 5.95 Å². The molecule has 1 saturated heterocycles. The maximum atomic E-state index is 13.2. The number of rotatable bonds is 5. The van der Waals surface area contributed by atoms with Crippen molar-refractivity contribution in [3.8, 4) is 0 Å². The molecule has 8 heteroatoms. The smallest absolute Gasteiger partial charge is 0.274 e. The standard InChI is InChI=1S/C20H23N5O2S/c1-12-11-28-18-16(12)23-20(22-13(2)15-6-4-5-8-21-15)24-17(18)19(26)25-9-7-14(10-25)27-3/h4-6,8,11,13-14H,7,9-10H2,1-3H3,(H,22,23,24)/t13-,14-/m0/s1. The third-order valence-corrected chi connectivity index (χ3v) is 6.13. The van der Waals surface area contributed by atoms with E-state index in [1.54, 1.807) is 13.3 Å². The summed E-state index contributed by atoms with van der Waals surface area (Å²) < 4.78 is 6.23. The first-order valence-electron chi connectivity index (χ1n) is 9.32. The molecule has 4 rings (SSSR count). The predicted octanol–water partition coefficient (Wildman–Crippen LogP) is 3.43. The average molecular weight is 398 g/mol. The van der Waals surface area contributed by atoms with Crippen LogP contribution in [0.25, 0.3) is 10.2 Å². The first kappa shape index (κ1) is 18.8. The molecule has 0 aromatic carbocycles. The lowest BCUT2D eigenvalue weighted by Crippen LogP contribution is -2.31. The fourth-order valence-corrected chi connectivity index (χ4v) is 4.37. The van der Waals surface area contributed by atoms with Crippen LogP contribution in [0.3, 0.4) is 0 Å². The van der Waals surface area contributed by atoms with Gasteiger partial charge in [-0.1, -0.05) is 6.07 Å². The molecule has 3 aromatic rings. The van der Waals surface area contributed by atoms with Gasteiger partial charge in [-0.15, -0.1) is 11.3 Å². The van der Waals surface area contributed by atoms with E-state index in [-0.39, 0.29) is 18.1 Å². The number of methoxy groups -OCH3 is 1. The van der Waals surface area contributed by atoms with Gasteiger partial charge in [-0.25, -0.2) is 9.97 Å². The zero-order valence-corrected chi connectivity index (χ0v) is 17.0. The Hall–Kier alpha value is -2.58. The second kappa shape index (κ2) is 7.81.